The molecule has 0 aliphatic heterocycles. The SMILES string of the molecule is c1ccc(C(NCCC2CCC2)c2ccco2)cc1. The van der Waals surface area contributed by atoms with Crippen LogP contribution in [0.5, 0.6) is 0 Å². The van der Waals surface area contributed by atoms with E-state index in [0.717, 1.165) is 18.2 Å². The summed E-state index contributed by atoms with van der Waals surface area (Å²) in [6.07, 6.45) is 7.28. The number of hydrogen-bond donors (Lipinski definition) is 1. The van der Waals surface area contributed by atoms with Gasteiger partial charge in [0.25, 0.3) is 0 Å². The van der Waals surface area contributed by atoms with Gasteiger partial charge in [-0.2, -0.15) is 0 Å². The van der Waals surface area contributed by atoms with E-state index in [2.05, 4.69) is 35.6 Å². The molecule has 2 heteroatoms. The largest absolute Gasteiger partial charge is 0.467 e. The molecule has 100 valence electrons. The van der Waals surface area contributed by atoms with Crippen LogP contribution in [0.1, 0.15) is 43.0 Å². The molecule has 19 heavy (non-hydrogen) atoms. The summed E-state index contributed by atoms with van der Waals surface area (Å²) >= 11 is 0. The molecular weight excluding hydrogens is 234 g/mol. The Kier molecular flexibility index (Phi) is 3.99. The molecule has 3 rings (SSSR count). The van der Waals surface area contributed by atoms with Crippen LogP contribution in [0.2, 0.25) is 0 Å². The summed E-state index contributed by atoms with van der Waals surface area (Å²) in [6, 6.07) is 14.7. The third-order valence-corrected chi connectivity index (χ3v) is 4.09. The van der Waals surface area contributed by atoms with Crippen LogP contribution < -0.4 is 5.32 Å². The summed E-state index contributed by atoms with van der Waals surface area (Å²) in [4.78, 5) is 0. The maximum Gasteiger partial charge on any atom is 0.125 e. The first-order chi connectivity index (χ1) is 9.43. The van der Waals surface area contributed by atoms with E-state index < -0.39 is 0 Å². The third kappa shape index (κ3) is 3.07. The number of nitrogens with one attached hydrogen (secondary N) is 1. The van der Waals surface area contributed by atoms with Crippen LogP contribution >= 0.6 is 0 Å². The van der Waals surface area contributed by atoms with Gasteiger partial charge in [-0.3, -0.25) is 0 Å². The lowest BCUT2D eigenvalue weighted by Gasteiger charge is -2.26. The van der Waals surface area contributed by atoms with Crippen molar-refractivity contribution in [1.29, 1.82) is 0 Å². The number of hydrogen-bond acceptors (Lipinski definition) is 2. The van der Waals surface area contributed by atoms with E-state index in [1.165, 1.54) is 31.2 Å². The molecule has 1 heterocycles. The summed E-state index contributed by atoms with van der Waals surface area (Å²) in [6.45, 7) is 1.06. The highest BCUT2D eigenvalue weighted by Gasteiger charge is 2.19. The van der Waals surface area contributed by atoms with Crippen molar-refractivity contribution in [2.24, 2.45) is 5.92 Å². The minimum absolute atomic E-state index is 0.177. The molecule has 2 aromatic rings. The first-order valence-electron chi connectivity index (χ1n) is 7.25. The summed E-state index contributed by atoms with van der Waals surface area (Å²) < 4.78 is 5.59. The molecule has 1 aliphatic carbocycles. The van der Waals surface area contributed by atoms with E-state index in [1.807, 2.05) is 12.1 Å². The predicted molar refractivity (Wildman–Crippen MR) is 77.0 cm³/mol. The smallest absolute Gasteiger partial charge is 0.125 e. The normalized spacial score (nSPS) is 17.1. The molecule has 1 aliphatic rings. The van der Waals surface area contributed by atoms with E-state index in [0.29, 0.717) is 0 Å². The van der Waals surface area contributed by atoms with Crippen molar-refractivity contribution in [3.05, 3.63) is 60.1 Å². The van der Waals surface area contributed by atoms with Gasteiger partial charge in [0.15, 0.2) is 0 Å². The average Bonchev–Trinajstić information content (AvgIpc) is 2.91. The van der Waals surface area contributed by atoms with Gasteiger partial charge >= 0.3 is 0 Å². The molecule has 1 unspecified atom stereocenters. The molecule has 1 N–H and O–H groups in total. The van der Waals surface area contributed by atoms with Crippen molar-refractivity contribution < 1.29 is 4.42 Å². The van der Waals surface area contributed by atoms with Crippen molar-refractivity contribution in [3.8, 4) is 0 Å². The van der Waals surface area contributed by atoms with Crippen LogP contribution in [0.4, 0.5) is 0 Å². The minimum Gasteiger partial charge on any atom is -0.467 e. The van der Waals surface area contributed by atoms with Gasteiger partial charge in [-0.25, -0.2) is 0 Å². The van der Waals surface area contributed by atoms with Crippen molar-refractivity contribution in [2.45, 2.75) is 31.7 Å². The summed E-state index contributed by atoms with van der Waals surface area (Å²) in [5, 5.41) is 3.64. The summed E-state index contributed by atoms with van der Waals surface area (Å²) in [7, 11) is 0. The Labute approximate surface area is 114 Å². The van der Waals surface area contributed by atoms with Gasteiger partial charge in [-0.1, -0.05) is 49.6 Å². The zero-order valence-electron chi connectivity index (χ0n) is 11.2. The van der Waals surface area contributed by atoms with Crippen molar-refractivity contribution in [2.75, 3.05) is 6.54 Å². The molecule has 0 radical (unpaired) electrons. The Morgan fingerprint density at radius 1 is 1.11 bits per heavy atom. The first kappa shape index (κ1) is 12.5. The lowest BCUT2D eigenvalue weighted by Crippen LogP contribution is -2.26. The molecule has 1 atom stereocenters. The highest BCUT2D eigenvalue weighted by molar-refractivity contribution is 5.26. The Balaban J connectivity index is 1.66. The van der Waals surface area contributed by atoms with E-state index in [1.54, 1.807) is 6.26 Å². The molecule has 0 amide bonds. The molecule has 0 saturated heterocycles. The lowest BCUT2D eigenvalue weighted by molar-refractivity contribution is 0.287. The Morgan fingerprint density at radius 3 is 2.58 bits per heavy atom. The fourth-order valence-electron chi connectivity index (χ4n) is 2.70. The van der Waals surface area contributed by atoms with Crippen LogP contribution in [0.25, 0.3) is 0 Å². The number of furan rings is 1. The fraction of sp³-hybridized carbons (Fsp3) is 0.412. The molecule has 2 nitrogen and oxygen atoms in total. The molecule has 1 saturated carbocycles. The van der Waals surface area contributed by atoms with Gasteiger partial charge < -0.3 is 9.73 Å². The fourth-order valence-corrected chi connectivity index (χ4v) is 2.70. The Bertz CT molecular complexity index is 473. The second-order valence-corrected chi connectivity index (χ2v) is 5.40. The molecule has 0 bridgehead atoms. The van der Waals surface area contributed by atoms with Gasteiger partial charge in [0.05, 0.1) is 12.3 Å². The lowest BCUT2D eigenvalue weighted by atomic mass is 9.83. The second kappa shape index (κ2) is 6.07. The number of benzene rings is 1. The Hall–Kier alpha value is -1.54. The number of rotatable bonds is 6. The van der Waals surface area contributed by atoms with Gasteiger partial charge in [0.1, 0.15) is 5.76 Å². The highest BCUT2D eigenvalue weighted by atomic mass is 16.3. The summed E-state index contributed by atoms with van der Waals surface area (Å²) in [5.74, 6) is 1.94. The standard InChI is InChI=1S/C17H21NO/c1-2-8-15(9-3-1)17(16-10-5-13-19-16)18-12-11-14-6-4-7-14/h1-3,5,8-10,13-14,17-18H,4,6-7,11-12H2. The maximum absolute atomic E-state index is 5.59. The van der Waals surface area contributed by atoms with Crippen LogP contribution in [-0.2, 0) is 0 Å². The third-order valence-electron chi connectivity index (χ3n) is 4.09. The van der Waals surface area contributed by atoms with Crippen molar-refractivity contribution in [3.63, 3.8) is 0 Å². The van der Waals surface area contributed by atoms with E-state index in [9.17, 15) is 0 Å². The van der Waals surface area contributed by atoms with E-state index in [4.69, 9.17) is 4.42 Å². The zero-order valence-corrected chi connectivity index (χ0v) is 11.2. The predicted octanol–water partition coefficient (Wildman–Crippen LogP) is 4.15. The van der Waals surface area contributed by atoms with Gasteiger partial charge in [0, 0.05) is 0 Å². The second-order valence-electron chi connectivity index (χ2n) is 5.40. The Morgan fingerprint density at radius 2 is 1.95 bits per heavy atom. The monoisotopic (exact) mass is 255 g/mol. The molecule has 1 aromatic carbocycles. The van der Waals surface area contributed by atoms with Gasteiger partial charge in [0.2, 0.25) is 0 Å². The highest BCUT2D eigenvalue weighted by Crippen LogP contribution is 2.29. The van der Waals surface area contributed by atoms with E-state index in [-0.39, 0.29) is 6.04 Å². The quantitative estimate of drug-likeness (QED) is 0.839. The van der Waals surface area contributed by atoms with Gasteiger partial charge in [-0.15, -0.1) is 0 Å². The van der Waals surface area contributed by atoms with E-state index >= 15 is 0 Å². The molecule has 1 fully saturated rings. The van der Waals surface area contributed by atoms with Gasteiger partial charge in [-0.05, 0) is 36.6 Å². The van der Waals surface area contributed by atoms with Crippen LogP contribution in [-0.4, -0.2) is 6.54 Å². The van der Waals surface area contributed by atoms with Crippen LogP contribution in [0.3, 0.4) is 0 Å². The molecular formula is C17H21NO. The van der Waals surface area contributed by atoms with Crippen LogP contribution in [0.15, 0.2) is 53.1 Å². The summed E-state index contributed by atoms with van der Waals surface area (Å²) in [5.41, 5.74) is 1.27. The minimum atomic E-state index is 0.177. The molecule has 0 spiro atoms. The molecule has 1 aromatic heterocycles. The van der Waals surface area contributed by atoms with Crippen LogP contribution in [0, 0.1) is 5.92 Å². The van der Waals surface area contributed by atoms with Crippen molar-refractivity contribution >= 4 is 0 Å². The average molecular weight is 255 g/mol. The van der Waals surface area contributed by atoms with Crippen molar-refractivity contribution in [1.82, 2.24) is 5.32 Å². The maximum atomic E-state index is 5.59. The first-order valence-corrected chi connectivity index (χ1v) is 7.25. The zero-order chi connectivity index (χ0) is 12.9. The topological polar surface area (TPSA) is 25.2 Å².